The first-order valence-electron chi connectivity index (χ1n) is 22.8. The van der Waals surface area contributed by atoms with Crippen molar-refractivity contribution in [3.8, 4) is 23.0 Å². The fraction of sp³-hybridized carbons (Fsp3) is 0.480. The normalized spacial score (nSPS) is 15.7. The predicted molar refractivity (Wildman–Crippen MR) is 270 cm³/mol. The third-order valence-corrected chi connectivity index (χ3v) is 13.7. The van der Waals surface area contributed by atoms with Crippen LogP contribution in [0.2, 0.25) is 15.1 Å². The molecule has 0 aromatic heterocycles. The van der Waals surface area contributed by atoms with Gasteiger partial charge in [0.05, 0.1) is 27.7 Å². The molecule has 1 fully saturated rings. The number of carbonyl (C=O) groups excluding carboxylic acids is 1. The van der Waals surface area contributed by atoms with E-state index in [9.17, 15) is 23.4 Å². The number of amides is 1. The third-order valence-electron chi connectivity index (χ3n) is 11.5. The maximum atomic E-state index is 14.1. The van der Waals surface area contributed by atoms with E-state index in [0.29, 0.717) is 29.0 Å². The third kappa shape index (κ3) is 14.5. The van der Waals surface area contributed by atoms with E-state index in [1.54, 1.807) is 38.1 Å². The number of azo groups is 1. The maximum absolute atomic E-state index is 14.1. The van der Waals surface area contributed by atoms with Gasteiger partial charge in [0.1, 0.15) is 40.5 Å². The second-order valence-corrected chi connectivity index (χ2v) is 22.1. The van der Waals surface area contributed by atoms with E-state index in [1.807, 2.05) is 6.07 Å². The summed E-state index contributed by atoms with van der Waals surface area (Å²) in [5.74, 6) is 0.336. The zero-order valence-electron chi connectivity index (χ0n) is 40.0. The van der Waals surface area contributed by atoms with E-state index in [0.717, 1.165) is 42.7 Å². The van der Waals surface area contributed by atoms with Crippen LogP contribution < -0.4 is 24.6 Å². The van der Waals surface area contributed by atoms with Gasteiger partial charge in [-0.15, -0.1) is 0 Å². The maximum Gasteiger partial charge on any atom is 0.280 e. The molecule has 4 aromatic rings. The number of nitrogens with one attached hydrogen (secondary N) is 2. The molecule has 0 spiro atoms. The van der Waals surface area contributed by atoms with Gasteiger partial charge in [0.15, 0.2) is 5.84 Å². The molecule has 17 heteroatoms. The number of amidine groups is 1. The molecule has 4 aromatic carbocycles. The van der Waals surface area contributed by atoms with Gasteiger partial charge < -0.3 is 19.7 Å². The Kier molecular flexibility index (Phi) is 18.4. The van der Waals surface area contributed by atoms with Gasteiger partial charge in [-0.25, -0.2) is 23.1 Å². The van der Waals surface area contributed by atoms with Crippen molar-refractivity contribution in [2.24, 2.45) is 20.6 Å². The van der Waals surface area contributed by atoms with Crippen LogP contribution in [0.4, 0.5) is 17.1 Å². The second kappa shape index (κ2) is 23.1. The Hall–Kier alpha value is -4.60. The topological polar surface area (TPSA) is 175 Å². The molecule has 0 saturated carbocycles. The summed E-state index contributed by atoms with van der Waals surface area (Å²) >= 11 is 19.2. The number of rotatable bonds is 22. The zero-order chi connectivity index (χ0) is 49.3. The van der Waals surface area contributed by atoms with Crippen LogP contribution in [0.25, 0.3) is 0 Å². The number of methoxy groups -OCH3 is 1. The van der Waals surface area contributed by atoms with Crippen molar-refractivity contribution in [2.45, 2.75) is 142 Å². The summed E-state index contributed by atoms with van der Waals surface area (Å²) < 4.78 is 43.0. The molecule has 67 heavy (non-hydrogen) atoms. The molecule has 2 unspecified atom stereocenters. The Bertz CT molecular complexity index is 2520. The highest BCUT2D eigenvalue weighted by atomic mass is 35.5. The summed E-state index contributed by atoms with van der Waals surface area (Å²) in [7, 11) is -2.75. The highest BCUT2D eigenvalue weighted by Gasteiger charge is 2.41. The number of hydrogen-bond donors (Lipinski definition) is 4. The number of aliphatic imine (C=N–C) groups is 1. The van der Waals surface area contributed by atoms with E-state index < -0.39 is 28.1 Å². The van der Waals surface area contributed by atoms with Crippen LogP contribution in [0.15, 0.2) is 80.8 Å². The number of aryl methyl sites for hydroxylation is 2. The lowest BCUT2D eigenvalue weighted by Crippen LogP contribution is -2.36. The largest absolute Gasteiger partial charge is 0.508 e. The summed E-state index contributed by atoms with van der Waals surface area (Å²) in [5, 5.41) is 31.4. The number of ether oxygens (including phenoxy) is 2. The van der Waals surface area contributed by atoms with Gasteiger partial charge in [-0.2, -0.15) is 10.2 Å². The zero-order valence-corrected chi connectivity index (χ0v) is 43.1. The number of carbonyl (C=O) groups is 1. The number of hydrogen-bond acceptors (Lipinski definition) is 10. The standard InChI is InChI=1S/C50H65Cl3N6O7S/c1-10-11-12-13-14-15-16-17-18-36(66-35-19-22-42(60)38(27-35)50(7,8)30-49(4,5)6)29-54-67(63,64)37-20-21-41(43(28-37)65-9)55-47-44(57-56-34-23-31(2)46(61)32(3)24-34)48(62)59(58-47)45-39(52)25-33(51)26-40(45)53/h19-28,36,44,54,60-61H,10-18,29-30H2,1-9H3,(H,55,58). The van der Waals surface area contributed by atoms with E-state index in [2.05, 4.69) is 61.9 Å². The lowest BCUT2D eigenvalue weighted by Gasteiger charge is -2.33. The number of unbranched alkanes of at least 4 members (excludes halogenated alkanes) is 7. The summed E-state index contributed by atoms with van der Waals surface area (Å²) in [5.41, 5.74) is 5.19. The molecule has 1 saturated heterocycles. The number of anilines is 1. The molecule has 1 amide bonds. The molecule has 13 nitrogen and oxygen atoms in total. The lowest BCUT2D eigenvalue weighted by atomic mass is 9.72. The van der Waals surface area contributed by atoms with Gasteiger partial charge in [-0.1, -0.05) is 121 Å². The number of benzene rings is 4. The molecule has 1 heterocycles. The Morgan fingerprint density at radius 1 is 0.866 bits per heavy atom. The average Bonchev–Trinajstić information content (AvgIpc) is 3.54. The molecule has 4 N–H and O–H groups in total. The van der Waals surface area contributed by atoms with E-state index >= 15 is 0 Å². The van der Waals surface area contributed by atoms with Crippen molar-refractivity contribution in [2.75, 3.05) is 18.7 Å². The van der Waals surface area contributed by atoms with Gasteiger partial charge in [-0.05, 0) is 110 Å². The molecular weight excluding hydrogens is 935 g/mol. The second-order valence-electron chi connectivity index (χ2n) is 19.0. The van der Waals surface area contributed by atoms with Gasteiger partial charge in [0.2, 0.25) is 16.1 Å². The highest BCUT2D eigenvalue weighted by molar-refractivity contribution is 7.89. The van der Waals surface area contributed by atoms with E-state index in [-0.39, 0.29) is 71.8 Å². The van der Waals surface area contributed by atoms with Crippen molar-refractivity contribution >= 4 is 73.6 Å². The van der Waals surface area contributed by atoms with Crippen molar-refractivity contribution in [3.05, 3.63) is 92.4 Å². The molecule has 5 rings (SSSR count). The van der Waals surface area contributed by atoms with E-state index in [1.165, 1.54) is 63.1 Å². The molecule has 0 radical (unpaired) electrons. The summed E-state index contributed by atoms with van der Waals surface area (Å²) in [6, 6.07) is 14.2. The van der Waals surface area contributed by atoms with Crippen molar-refractivity contribution in [1.29, 1.82) is 0 Å². The minimum atomic E-state index is -4.13. The van der Waals surface area contributed by atoms with Crippen LogP contribution >= 0.6 is 34.8 Å². The fourth-order valence-corrected chi connectivity index (χ4v) is 10.5. The van der Waals surface area contributed by atoms with Gasteiger partial charge in [0, 0.05) is 23.2 Å². The number of hydrazine groups is 1. The fourth-order valence-electron chi connectivity index (χ4n) is 8.48. The average molecular weight is 1000 g/mol. The molecule has 2 atom stereocenters. The molecule has 0 bridgehead atoms. The molecule has 364 valence electrons. The summed E-state index contributed by atoms with van der Waals surface area (Å²) in [6.45, 7) is 16.3. The van der Waals surface area contributed by atoms with Crippen molar-refractivity contribution in [3.63, 3.8) is 0 Å². The van der Waals surface area contributed by atoms with Crippen LogP contribution in [0, 0.1) is 19.3 Å². The number of halogens is 3. The molecule has 1 aliphatic rings. The Morgan fingerprint density at radius 2 is 1.49 bits per heavy atom. The molecule has 0 aliphatic carbocycles. The van der Waals surface area contributed by atoms with Crippen LogP contribution in [0.1, 0.15) is 122 Å². The van der Waals surface area contributed by atoms with Gasteiger partial charge in [-0.3, -0.25) is 10.2 Å². The minimum absolute atomic E-state index is 0.00946. The molecular formula is C50H65Cl3N6O7S. The highest BCUT2D eigenvalue weighted by Crippen LogP contribution is 2.42. The summed E-state index contributed by atoms with van der Waals surface area (Å²) in [4.78, 5) is 18.7. The lowest BCUT2D eigenvalue weighted by molar-refractivity contribution is -0.117. The monoisotopic (exact) mass is 998 g/mol. The predicted octanol–water partition coefficient (Wildman–Crippen LogP) is 13.4. The van der Waals surface area contributed by atoms with Crippen molar-refractivity contribution < 1.29 is 32.9 Å². The first-order valence-corrected chi connectivity index (χ1v) is 25.4. The van der Waals surface area contributed by atoms with Crippen LogP contribution in [-0.2, 0) is 20.2 Å². The van der Waals surface area contributed by atoms with Crippen LogP contribution in [-0.4, -0.2) is 56.2 Å². The number of nitrogens with zero attached hydrogens (tertiary/aromatic N) is 4. The van der Waals surface area contributed by atoms with Gasteiger partial charge in [0.25, 0.3) is 5.91 Å². The van der Waals surface area contributed by atoms with Crippen molar-refractivity contribution in [1.82, 2.24) is 10.1 Å². The Labute approximate surface area is 411 Å². The Balaban J connectivity index is 1.41. The van der Waals surface area contributed by atoms with Crippen LogP contribution in [0.5, 0.6) is 23.0 Å². The SMILES string of the molecule is CCCCCCCCCCC(CNS(=O)(=O)c1ccc(N=C2NN(c3c(Cl)cc(Cl)cc3Cl)C(=O)C2N=Nc2cc(C)c(O)c(C)c2)c(OC)c1)Oc1ccc(O)c(C(C)(C)CC(C)(C)C)c1. The quantitative estimate of drug-likeness (QED) is 0.0444. The number of phenols is 2. The first kappa shape index (κ1) is 53.4. The number of phenolic OH excluding ortho intramolecular Hbond substituents is 2. The summed E-state index contributed by atoms with van der Waals surface area (Å²) in [6.07, 6.45) is 9.88. The number of aromatic hydroxyl groups is 2. The smallest absolute Gasteiger partial charge is 0.280 e. The van der Waals surface area contributed by atoms with Gasteiger partial charge >= 0.3 is 0 Å². The first-order chi connectivity index (χ1) is 31.5. The minimum Gasteiger partial charge on any atom is -0.508 e. The molecule has 1 aliphatic heterocycles. The Morgan fingerprint density at radius 3 is 2.10 bits per heavy atom. The number of sulfonamides is 1. The van der Waals surface area contributed by atoms with Crippen LogP contribution in [0.3, 0.4) is 0 Å². The van der Waals surface area contributed by atoms with E-state index in [4.69, 9.17) is 49.3 Å².